The Bertz CT molecular complexity index is 727. The second kappa shape index (κ2) is 51.3. The molecule has 0 heterocycles. The number of Topliss-reactive ketones (excluding diaryl/α,β-unsaturated/α-hetero) is 3. The van der Waals surface area contributed by atoms with Gasteiger partial charge in [0, 0.05) is 21.3 Å². The Labute approximate surface area is 297 Å². The third kappa shape index (κ3) is 99.0. The zero-order chi connectivity index (χ0) is 40.9. The fourth-order valence-electron chi connectivity index (χ4n) is 1.68. The van der Waals surface area contributed by atoms with E-state index in [1.807, 2.05) is 6.92 Å². The van der Waals surface area contributed by atoms with Gasteiger partial charge in [-0.2, -0.15) is 0 Å². The van der Waals surface area contributed by atoms with Crippen LogP contribution in [0.1, 0.15) is 34.6 Å². The highest BCUT2D eigenvalue weighted by atomic mass is 17.1. The third-order valence-corrected chi connectivity index (χ3v) is 3.48. The van der Waals surface area contributed by atoms with E-state index in [4.69, 9.17) is 45.0 Å². The van der Waals surface area contributed by atoms with Gasteiger partial charge in [0.2, 0.25) is 0 Å². The van der Waals surface area contributed by atoms with Crippen LogP contribution in [-0.4, -0.2) is 186 Å². The van der Waals surface area contributed by atoms with Gasteiger partial charge in [-0.25, -0.2) is 24.5 Å². The van der Waals surface area contributed by atoms with Gasteiger partial charge in [-0.3, -0.25) is 14.4 Å². The number of carbonyl (C=O) groups is 6. The van der Waals surface area contributed by atoms with Gasteiger partial charge in [0.25, 0.3) is 0 Å². The second-order valence-electron chi connectivity index (χ2n) is 9.09. The minimum atomic E-state index is -0.984. The number of ether oxygens (including phenoxy) is 9. The number of hydrogen-bond donors (Lipinski definition) is 6. The van der Waals surface area contributed by atoms with Crippen LogP contribution in [0.25, 0.3) is 0 Å². The van der Waals surface area contributed by atoms with Gasteiger partial charge in [-0.05, 0) is 34.6 Å². The largest absolute Gasteiger partial charge is 0.480 e. The predicted octanol–water partition coefficient (Wildman–Crippen LogP) is -0.898. The van der Waals surface area contributed by atoms with E-state index in [-0.39, 0.29) is 103 Å². The van der Waals surface area contributed by atoms with Gasteiger partial charge in [0.15, 0.2) is 24.1 Å². The molecule has 0 aliphatic carbocycles. The molecular weight excluding hydrogens is 700 g/mol. The van der Waals surface area contributed by atoms with Crippen molar-refractivity contribution in [2.75, 3.05) is 108 Å². The van der Waals surface area contributed by atoms with Crippen LogP contribution in [0.5, 0.6) is 0 Å². The molecule has 306 valence electrons. The van der Waals surface area contributed by atoms with Crippen LogP contribution in [0.2, 0.25) is 0 Å². The Morgan fingerprint density at radius 3 is 1.22 bits per heavy atom. The summed E-state index contributed by atoms with van der Waals surface area (Å²) in [7, 11) is 4.42. The van der Waals surface area contributed by atoms with Gasteiger partial charge >= 0.3 is 17.9 Å². The summed E-state index contributed by atoms with van der Waals surface area (Å²) in [6.45, 7) is 7.65. The summed E-state index contributed by atoms with van der Waals surface area (Å²) in [5.74, 6) is -3.05. The summed E-state index contributed by atoms with van der Waals surface area (Å²) in [6, 6.07) is 0. The number of aliphatic hydroxyl groups excluding tert-OH is 2. The molecular formula is C29H58O22. The predicted molar refractivity (Wildman–Crippen MR) is 173 cm³/mol. The molecule has 22 heteroatoms. The Morgan fingerprint density at radius 2 is 0.902 bits per heavy atom. The van der Waals surface area contributed by atoms with Crippen molar-refractivity contribution in [3.05, 3.63) is 0 Å². The molecule has 0 aliphatic rings. The van der Waals surface area contributed by atoms with Crippen molar-refractivity contribution in [1.82, 2.24) is 0 Å². The van der Waals surface area contributed by atoms with Crippen LogP contribution in [0, 0.1) is 0 Å². The SMILES string of the molecule is CC(=O)COCC(C)O.CC(=O)COCCO.CC(=O)COCOO.COC(C)COCC(=O)O.COCOCC(=O)O.COCOCC(=O)O. The Morgan fingerprint density at radius 1 is 0.549 bits per heavy atom. The summed E-state index contributed by atoms with van der Waals surface area (Å²) in [5, 5.41) is 48.5. The number of aliphatic hydroxyl groups is 2. The molecule has 6 N–H and O–H groups in total. The molecule has 22 nitrogen and oxygen atoms in total. The average molecular weight is 759 g/mol. The highest BCUT2D eigenvalue weighted by molar-refractivity contribution is 5.77. The van der Waals surface area contributed by atoms with E-state index in [2.05, 4.69) is 33.3 Å². The lowest BCUT2D eigenvalue weighted by Crippen LogP contribution is -2.17. The highest BCUT2D eigenvalue weighted by Gasteiger charge is 2.01. The van der Waals surface area contributed by atoms with Crippen LogP contribution in [0.15, 0.2) is 0 Å². The number of aliphatic carboxylic acids is 3. The standard InChI is InChI=1S/C6H12O4.C6H12O3.C5H10O3.3C4H8O4/c1-5(9-2)3-10-4-6(7)8;1-5(7)3-9-4-6(2)8;1-5(7)4-8-3-2-6;2*1-7-3-8-2-4(5)6;1-4(5)2-7-3-8-6/h5H,3-4H2,1-2H3,(H,7,8);5,7H,3-4H2,1-2H3;6H,2-4H2,1H3;2*2-3H2,1H3,(H,5,6);6H,2-3H2,1H3. The molecule has 0 fully saturated rings. The number of carboxylic acid groups (broad SMARTS) is 3. The monoisotopic (exact) mass is 758 g/mol. The topological polar surface area (TPSA) is 316 Å². The van der Waals surface area contributed by atoms with Crippen molar-refractivity contribution in [2.45, 2.75) is 46.8 Å². The normalized spacial score (nSPS) is 10.6. The summed E-state index contributed by atoms with van der Waals surface area (Å²) in [5.41, 5.74) is 0. The summed E-state index contributed by atoms with van der Waals surface area (Å²) >= 11 is 0. The third-order valence-electron chi connectivity index (χ3n) is 3.48. The fraction of sp³-hybridized carbons (Fsp3) is 0.793. The van der Waals surface area contributed by atoms with E-state index < -0.39 is 24.0 Å². The number of carbonyl (C=O) groups excluding carboxylic acids is 3. The summed E-state index contributed by atoms with van der Waals surface area (Å²) in [4.78, 5) is 63.2. The minimum absolute atomic E-state index is 0.0133. The van der Waals surface area contributed by atoms with Crippen molar-refractivity contribution < 1.29 is 107 Å². The molecule has 2 unspecified atom stereocenters. The fourth-order valence-corrected chi connectivity index (χ4v) is 1.68. The molecule has 2 atom stereocenters. The van der Waals surface area contributed by atoms with Crippen LogP contribution in [0.3, 0.4) is 0 Å². The maximum Gasteiger partial charge on any atom is 0.329 e. The Kier molecular flexibility index (Phi) is 60.3. The maximum absolute atomic E-state index is 10.2. The number of rotatable bonds is 25. The van der Waals surface area contributed by atoms with E-state index >= 15 is 0 Å². The number of ketones is 3. The smallest absolute Gasteiger partial charge is 0.329 e. The van der Waals surface area contributed by atoms with Crippen LogP contribution < -0.4 is 0 Å². The molecule has 0 aliphatic heterocycles. The first-order valence-corrected chi connectivity index (χ1v) is 14.5. The molecule has 0 radical (unpaired) electrons. The highest BCUT2D eigenvalue weighted by Crippen LogP contribution is 1.88. The van der Waals surface area contributed by atoms with Crippen molar-refractivity contribution in [2.24, 2.45) is 0 Å². The first kappa shape index (κ1) is 60.0. The number of hydrogen-bond acceptors (Lipinski definition) is 19. The molecule has 0 amide bonds. The lowest BCUT2D eigenvalue weighted by molar-refractivity contribution is -0.294. The van der Waals surface area contributed by atoms with Gasteiger partial charge in [0.1, 0.15) is 53.2 Å². The molecule has 0 saturated carbocycles. The molecule has 0 spiro atoms. The molecule has 0 aromatic rings. The van der Waals surface area contributed by atoms with E-state index in [1.54, 1.807) is 14.0 Å². The number of carboxylic acids is 3. The van der Waals surface area contributed by atoms with Gasteiger partial charge in [-0.1, -0.05) is 0 Å². The number of methoxy groups -OCH3 is 3. The second-order valence-corrected chi connectivity index (χ2v) is 9.09. The summed E-state index contributed by atoms with van der Waals surface area (Å²) < 4.78 is 41.0. The lowest BCUT2D eigenvalue weighted by Gasteiger charge is -2.07. The van der Waals surface area contributed by atoms with Gasteiger partial charge in [0.05, 0.1) is 38.6 Å². The first-order chi connectivity index (χ1) is 23.9. The van der Waals surface area contributed by atoms with E-state index in [0.29, 0.717) is 6.61 Å². The van der Waals surface area contributed by atoms with Crippen molar-refractivity contribution in [1.29, 1.82) is 0 Å². The van der Waals surface area contributed by atoms with Crippen LogP contribution in [0.4, 0.5) is 0 Å². The van der Waals surface area contributed by atoms with Crippen LogP contribution in [-0.2, 0) is 76.3 Å². The molecule has 0 rings (SSSR count). The molecule has 0 saturated heterocycles. The summed E-state index contributed by atoms with van der Waals surface area (Å²) in [6.07, 6.45) is -0.524. The zero-order valence-electron chi connectivity index (χ0n) is 30.6. The molecule has 0 aromatic carbocycles. The zero-order valence-corrected chi connectivity index (χ0v) is 30.6. The van der Waals surface area contributed by atoms with E-state index in [0.717, 1.165) is 0 Å². The Hall–Kier alpha value is -3.10. The Balaban J connectivity index is -0.000000119. The average Bonchev–Trinajstić information content (AvgIpc) is 3.02. The lowest BCUT2D eigenvalue weighted by atomic mass is 10.4. The van der Waals surface area contributed by atoms with Crippen molar-refractivity contribution in [3.8, 4) is 0 Å². The van der Waals surface area contributed by atoms with Gasteiger partial charge in [-0.15, -0.1) is 0 Å². The molecule has 51 heavy (non-hydrogen) atoms. The first-order valence-electron chi connectivity index (χ1n) is 14.5. The van der Waals surface area contributed by atoms with E-state index in [1.165, 1.54) is 35.0 Å². The van der Waals surface area contributed by atoms with Crippen molar-refractivity contribution in [3.63, 3.8) is 0 Å². The minimum Gasteiger partial charge on any atom is -0.480 e. The quantitative estimate of drug-likeness (QED) is 0.0284. The molecule has 0 bridgehead atoms. The van der Waals surface area contributed by atoms with Crippen molar-refractivity contribution >= 4 is 35.3 Å². The van der Waals surface area contributed by atoms with E-state index in [9.17, 15) is 28.8 Å². The molecule has 0 aromatic heterocycles. The van der Waals surface area contributed by atoms with Gasteiger partial charge < -0.3 is 68.2 Å². The maximum atomic E-state index is 10.2. The van der Waals surface area contributed by atoms with Crippen LogP contribution >= 0.6 is 0 Å².